The van der Waals surface area contributed by atoms with Gasteiger partial charge in [0.15, 0.2) is 0 Å². The number of ether oxygens (including phenoxy) is 1. The highest BCUT2D eigenvalue weighted by molar-refractivity contribution is 6.30. The number of hydrogen-bond acceptors (Lipinski definition) is 4. The van der Waals surface area contributed by atoms with E-state index < -0.39 is 0 Å². The minimum Gasteiger partial charge on any atom is -0.458 e. The molecule has 2 fully saturated rings. The maximum absolute atomic E-state index is 12.4. The van der Waals surface area contributed by atoms with Crippen molar-refractivity contribution in [1.82, 2.24) is 20.2 Å². The fraction of sp³-hybridized carbons (Fsp3) is 0.688. The molecular formula is C16H23ClN4O2. The van der Waals surface area contributed by atoms with Crippen LogP contribution in [-0.2, 0) is 0 Å². The van der Waals surface area contributed by atoms with Gasteiger partial charge in [0.05, 0.1) is 24.0 Å². The molecule has 2 aliphatic rings. The summed E-state index contributed by atoms with van der Waals surface area (Å²) < 4.78 is 5.78. The second-order valence-electron chi connectivity index (χ2n) is 6.30. The molecule has 6 nitrogen and oxygen atoms in total. The topological polar surface area (TPSA) is 67.4 Å². The highest BCUT2D eigenvalue weighted by Crippen LogP contribution is 2.19. The summed E-state index contributed by atoms with van der Waals surface area (Å²) in [6, 6.07) is 0.674. The molecule has 1 aliphatic carbocycles. The van der Waals surface area contributed by atoms with Gasteiger partial charge in [-0.3, -0.25) is 0 Å². The molecule has 2 heterocycles. The van der Waals surface area contributed by atoms with E-state index in [1.54, 1.807) is 0 Å². The Morgan fingerprint density at radius 3 is 2.65 bits per heavy atom. The van der Waals surface area contributed by atoms with E-state index in [9.17, 15) is 4.79 Å². The van der Waals surface area contributed by atoms with Crippen molar-refractivity contribution in [2.45, 2.75) is 57.1 Å². The van der Waals surface area contributed by atoms with Crippen LogP contribution < -0.4 is 10.1 Å². The zero-order valence-electron chi connectivity index (χ0n) is 13.2. The number of carbonyl (C=O) groups excluding carboxylic acids is 1. The first kappa shape index (κ1) is 16.3. The zero-order valence-corrected chi connectivity index (χ0v) is 14.0. The molecule has 1 unspecified atom stereocenters. The second kappa shape index (κ2) is 7.81. The van der Waals surface area contributed by atoms with Gasteiger partial charge in [-0.05, 0) is 25.7 Å². The lowest BCUT2D eigenvalue weighted by Crippen LogP contribution is -2.51. The number of carbonyl (C=O) groups is 1. The van der Waals surface area contributed by atoms with Crippen molar-refractivity contribution in [3.8, 4) is 6.01 Å². The lowest BCUT2D eigenvalue weighted by atomic mass is 9.96. The Hall–Kier alpha value is -1.56. The minimum atomic E-state index is -0.0676. The Morgan fingerprint density at radius 1 is 1.17 bits per heavy atom. The molecule has 1 aromatic rings. The first-order valence-corrected chi connectivity index (χ1v) is 8.78. The lowest BCUT2D eigenvalue weighted by Gasteiger charge is -2.34. The quantitative estimate of drug-likeness (QED) is 0.920. The van der Waals surface area contributed by atoms with Crippen molar-refractivity contribution >= 4 is 17.6 Å². The number of hydrogen-bond donors (Lipinski definition) is 1. The van der Waals surface area contributed by atoms with E-state index >= 15 is 0 Å². The normalized spacial score (nSPS) is 22.7. The largest absolute Gasteiger partial charge is 0.458 e. The number of halogens is 1. The van der Waals surface area contributed by atoms with Gasteiger partial charge >= 0.3 is 12.0 Å². The predicted molar refractivity (Wildman–Crippen MR) is 87.7 cm³/mol. The summed E-state index contributed by atoms with van der Waals surface area (Å²) in [6.45, 7) is 1.35. The van der Waals surface area contributed by atoms with Crippen molar-refractivity contribution in [3.63, 3.8) is 0 Å². The molecule has 1 aromatic heterocycles. The van der Waals surface area contributed by atoms with Crippen LogP contribution >= 0.6 is 11.6 Å². The van der Waals surface area contributed by atoms with Crippen molar-refractivity contribution in [2.24, 2.45) is 0 Å². The second-order valence-corrected chi connectivity index (χ2v) is 6.73. The molecule has 7 heteroatoms. The number of rotatable bonds is 3. The van der Waals surface area contributed by atoms with E-state index in [1.165, 1.54) is 31.7 Å². The summed E-state index contributed by atoms with van der Waals surface area (Å²) in [5.41, 5.74) is 0. The van der Waals surface area contributed by atoms with Gasteiger partial charge in [-0.25, -0.2) is 14.8 Å². The number of nitrogens with one attached hydrogen (secondary N) is 1. The summed E-state index contributed by atoms with van der Waals surface area (Å²) >= 11 is 5.77. The maximum Gasteiger partial charge on any atom is 0.317 e. The van der Waals surface area contributed by atoms with E-state index in [2.05, 4.69) is 15.3 Å². The van der Waals surface area contributed by atoms with Crippen LogP contribution in [-0.4, -0.2) is 46.1 Å². The number of amides is 2. The van der Waals surface area contributed by atoms with E-state index in [4.69, 9.17) is 16.3 Å². The molecule has 1 saturated heterocycles. The number of aromatic nitrogens is 2. The monoisotopic (exact) mass is 338 g/mol. The molecule has 1 N–H and O–H groups in total. The molecule has 126 valence electrons. The SMILES string of the molecule is O=C(NC1CCCCC1)N1CCCC(Oc2ncc(Cl)cn2)C1. The lowest BCUT2D eigenvalue weighted by molar-refractivity contribution is 0.0922. The van der Waals surface area contributed by atoms with E-state index in [0.717, 1.165) is 32.2 Å². The van der Waals surface area contributed by atoms with Crippen LogP contribution in [0, 0.1) is 0 Å². The fourth-order valence-electron chi connectivity index (χ4n) is 3.24. The number of urea groups is 1. The third kappa shape index (κ3) is 4.70. The summed E-state index contributed by atoms with van der Waals surface area (Å²) in [7, 11) is 0. The van der Waals surface area contributed by atoms with Crippen LogP contribution in [0.2, 0.25) is 5.02 Å². The third-order valence-electron chi connectivity index (χ3n) is 4.47. The number of likely N-dealkylation sites (tertiary alicyclic amines) is 1. The first-order valence-electron chi connectivity index (χ1n) is 8.40. The van der Waals surface area contributed by atoms with Gasteiger partial charge in [0.1, 0.15) is 6.10 Å². The Balaban J connectivity index is 1.50. The molecule has 1 saturated carbocycles. The molecule has 3 rings (SSSR count). The van der Waals surface area contributed by atoms with Crippen LogP contribution in [0.4, 0.5) is 4.79 Å². The van der Waals surface area contributed by atoms with Crippen LogP contribution in [0.1, 0.15) is 44.9 Å². The van der Waals surface area contributed by atoms with Gasteiger partial charge in [-0.1, -0.05) is 30.9 Å². The highest BCUT2D eigenvalue weighted by atomic mass is 35.5. The zero-order chi connectivity index (χ0) is 16.1. The number of piperidine rings is 1. The molecular weight excluding hydrogens is 316 g/mol. The molecule has 0 radical (unpaired) electrons. The molecule has 0 aromatic carbocycles. The van der Waals surface area contributed by atoms with Gasteiger partial charge in [0, 0.05) is 12.6 Å². The van der Waals surface area contributed by atoms with Gasteiger partial charge in [0.25, 0.3) is 0 Å². The van der Waals surface area contributed by atoms with Crippen molar-refractivity contribution in [1.29, 1.82) is 0 Å². The van der Waals surface area contributed by atoms with E-state index in [-0.39, 0.29) is 12.1 Å². The summed E-state index contributed by atoms with van der Waals surface area (Å²) in [6.07, 6.45) is 10.7. The minimum absolute atomic E-state index is 0.0298. The molecule has 2 amide bonds. The van der Waals surface area contributed by atoms with E-state index in [1.807, 2.05) is 4.90 Å². The highest BCUT2D eigenvalue weighted by Gasteiger charge is 2.27. The van der Waals surface area contributed by atoms with Gasteiger partial charge < -0.3 is 15.0 Å². The van der Waals surface area contributed by atoms with Crippen LogP contribution in [0.15, 0.2) is 12.4 Å². The first-order chi connectivity index (χ1) is 11.2. The van der Waals surface area contributed by atoms with E-state index in [0.29, 0.717) is 23.6 Å². The van der Waals surface area contributed by atoms with Crippen molar-refractivity contribution in [2.75, 3.05) is 13.1 Å². The summed E-state index contributed by atoms with van der Waals surface area (Å²) in [5.74, 6) is 0. The van der Waals surface area contributed by atoms with Crippen molar-refractivity contribution in [3.05, 3.63) is 17.4 Å². The van der Waals surface area contributed by atoms with Gasteiger partial charge in [-0.2, -0.15) is 0 Å². The summed E-state index contributed by atoms with van der Waals surface area (Å²) in [4.78, 5) is 22.4. The molecule has 0 spiro atoms. The Kier molecular flexibility index (Phi) is 5.54. The van der Waals surface area contributed by atoms with Gasteiger partial charge in [-0.15, -0.1) is 0 Å². The van der Waals surface area contributed by atoms with Crippen LogP contribution in [0.3, 0.4) is 0 Å². The average molecular weight is 339 g/mol. The third-order valence-corrected chi connectivity index (χ3v) is 4.66. The predicted octanol–water partition coefficient (Wildman–Crippen LogP) is 3.02. The molecule has 0 bridgehead atoms. The average Bonchev–Trinajstić information content (AvgIpc) is 2.58. The van der Waals surface area contributed by atoms with Crippen LogP contribution in [0.5, 0.6) is 6.01 Å². The Bertz CT molecular complexity index is 519. The summed E-state index contributed by atoms with van der Waals surface area (Å²) in [5, 5.41) is 3.64. The van der Waals surface area contributed by atoms with Crippen LogP contribution in [0.25, 0.3) is 0 Å². The van der Waals surface area contributed by atoms with Gasteiger partial charge in [0.2, 0.25) is 0 Å². The Morgan fingerprint density at radius 2 is 1.91 bits per heavy atom. The molecule has 1 atom stereocenters. The standard InChI is InChI=1S/C16H23ClN4O2/c17-12-9-18-15(19-10-12)23-14-7-4-8-21(11-14)16(22)20-13-5-2-1-3-6-13/h9-10,13-14H,1-8,11H2,(H,20,22). The fourth-order valence-corrected chi connectivity index (χ4v) is 3.34. The Labute approximate surface area is 141 Å². The smallest absolute Gasteiger partial charge is 0.317 e. The molecule has 1 aliphatic heterocycles. The molecule has 23 heavy (non-hydrogen) atoms. The maximum atomic E-state index is 12.4. The van der Waals surface area contributed by atoms with Crippen molar-refractivity contribution < 1.29 is 9.53 Å². The number of nitrogens with zero attached hydrogens (tertiary/aromatic N) is 3.